The molecule has 0 radical (unpaired) electrons. The molecule has 1 aromatic carbocycles. The summed E-state index contributed by atoms with van der Waals surface area (Å²) in [6.45, 7) is 6.54. The van der Waals surface area contributed by atoms with Crippen LogP contribution in [0, 0.1) is 25.7 Å². The Morgan fingerprint density at radius 3 is 2.48 bits per heavy atom. The molecule has 3 aromatic heterocycles. The van der Waals surface area contributed by atoms with Crippen LogP contribution < -0.4 is 11.2 Å². The number of nitrogens with zero attached hydrogens (tertiary/aromatic N) is 3. The molecule has 0 saturated heterocycles. The number of thiophene rings is 1. The van der Waals surface area contributed by atoms with Gasteiger partial charge in [0.15, 0.2) is 0 Å². The molecule has 6 rings (SSSR count). The lowest BCUT2D eigenvalue weighted by Gasteiger charge is -2.27. The van der Waals surface area contributed by atoms with Crippen molar-refractivity contribution >= 4 is 27.5 Å². The summed E-state index contributed by atoms with van der Waals surface area (Å²) in [6.07, 6.45) is 5.37. The minimum Gasteiger partial charge on any atom is -0.480 e. The number of hydrogen-bond donors (Lipinski definition) is 2. The van der Waals surface area contributed by atoms with E-state index in [2.05, 4.69) is 4.98 Å². The first-order valence-corrected chi connectivity index (χ1v) is 15.1. The number of fused-ring (bicyclic) bond motifs is 2. The third kappa shape index (κ3) is 4.73. The molecule has 2 N–H and O–H groups in total. The summed E-state index contributed by atoms with van der Waals surface area (Å²) in [4.78, 5) is 45.7. The molecule has 222 valence electrons. The maximum Gasteiger partial charge on any atom is 0.333 e. The van der Waals surface area contributed by atoms with Crippen LogP contribution in [0.5, 0.6) is 0 Å². The standard InChI is InChI=1S/C31H35N3O7S/c1-16-7-5-6-8-22(16)23(41-21-13-18-11-20(35)12-19(18)14-21)15-33-28-24(17(2)25(42-28)26-32-9-10-40-26)27(36)34(30(33)39)31(3,4)29(37)38/h5-10,18-21,23,35H,11-15H2,1-4H3,(H,37,38)/t18-,19?,20?,21?,23?/m0/s1. The second-order valence-electron chi connectivity index (χ2n) is 12.2. The molecule has 4 unspecified atom stereocenters. The van der Waals surface area contributed by atoms with Gasteiger partial charge < -0.3 is 19.4 Å². The van der Waals surface area contributed by atoms with Gasteiger partial charge in [-0.3, -0.25) is 9.36 Å². The Morgan fingerprint density at radius 1 is 1.17 bits per heavy atom. The molecule has 2 saturated carbocycles. The van der Waals surface area contributed by atoms with Gasteiger partial charge in [0.2, 0.25) is 5.89 Å². The first kappa shape index (κ1) is 28.6. The number of aliphatic hydroxyl groups excluding tert-OH is 1. The van der Waals surface area contributed by atoms with Crippen molar-refractivity contribution in [2.24, 2.45) is 11.8 Å². The van der Waals surface area contributed by atoms with Crippen molar-refractivity contribution < 1.29 is 24.2 Å². The number of aliphatic hydroxyl groups is 1. The number of carboxylic acid groups (broad SMARTS) is 1. The minimum atomic E-state index is -1.80. The normalized spacial score (nSPS) is 23.0. The van der Waals surface area contributed by atoms with Crippen molar-refractivity contribution in [3.8, 4) is 10.8 Å². The number of aromatic nitrogens is 3. The first-order valence-electron chi connectivity index (χ1n) is 14.3. The molecule has 0 amide bonds. The van der Waals surface area contributed by atoms with Crippen LogP contribution in [0.4, 0.5) is 0 Å². The molecule has 3 heterocycles. The van der Waals surface area contributed by atoms with Gasteiger partial charge in [-0.15, -0.1) is 11.3 Å². The molecule has 11 heteroatoms. The highest BCUT2D eigenvalue weighted by Gasteiger charge is 2.43. The summed E-state index contributed by atoms with van der Waals surface area (Å²) >= 11 is 1.22. The van der Waals surface area contributed by atoms with E-state index >= 15 is 0 Å². The number of benzene rings is 1. The predicted molar refractivity (Wildman–Crippen MR) is 158 cm³/mol. The zero-order valence-corrected chi connectivity index (χ0v) is 24.9. The van der Waals surface area contributed by atoms with Crippen LogP contribution in [0.3, 0.4) is 0 Å². The Balaban J connectivity index is 1.52. The van der Waals surface area contributed by atoms with Gasteiger partial charge in [0, 0.05) is 0 Å². The molecule has 2 aliphatic carbocycles. The van der Waals surface area contributed by atoms with Crippen molar-refractivity contribution in [1.29, 1.82) is 0 Å². The van der Waals surface area contributed by atoms with Gasteiger partial charge in [-0.05, 0) is 81.9 Å². The number of hydrogen-bond acceptors (Lipinski definition) is 8. The molecule has 4 aromatic rings. The van der Waals surface area contributed by atoms with Crippen LogP contribution in [-0.4, -0.2) is 42.5 Å². The summed E-state index contributed by atoms with van der Waals surface area (Å²) in [7, 11) is 0. The van der Waals surface area contributed by atoms with Crippen LogP contribution in [0.1, 0.15) is 62.3 Å². The van der Waals surface area contributed by atoms with E-state index in [4.69, 9.17) is 9.15 Å². The predicted octanol–water partition coefficient (Wildman–Crippen LogP) is 4.62. The van der Waals surface area contributed by atoms with Crippen molar-refractivity contribution in [2.45, 2.75) is 83.8 Å². The van der Waals surface area contributed by atoms with E-state index in [-0.39, 0.29) is 24.1 Å². The molecular formula is C31H35N3O7S. The molecule has 10 nitrogen and oxygen atoms in total. The number of aliphatic carboxylic acids is 1. The number of carbonyl (C=O) groups is 1. The summed E-state index contributed by atoms with van der Waals surface area (Å²) in [6, 6.07) is 7.86. The van der Waals surface area contributed by atoms with Crippen molar-refractivity contribution in [1.82, 2.24) is 14.1 Å². The number of carboxylic acids is 1. The molecule has 2 fully saturated rings. The van der Waals surface area contributed by atoms with Crippen molar-refractivity contribution in [3.05, 3.63) is 74.3 Å². The zero-order valence-electron chi connectivity index (χ0n) is 24.1. The Hall–Kier alpha value is -3.54. The molecule has 0 aliphatic heterocycles. The maximum absolute atomic E-state index is 14.2. The van der Waals surface area contributed by atoms with E-state index in [0.29, 0.717) is 33.0 Å². The molecule has 5 atom stereocenters. The maximum atomic E-state index is 14.2. The van der Waals surface area contributed by atoms with Crippen molar-refractivity contribution in [2.75, 3.05) is 0 Å². The van der Waals surface area contributed by atoms with Crippen LogP contribution >= 0.6 is 11.3 Å². The largest absolute Gasteiger partial charge is 0.480 e. The second-order valence-corrected chi connectivity index (χ2v) is 13.2. The van der Waals surface area contributed by atoms with Gasteiger partial charge in [-0.1, -0.05) is 24.3 Å². The smallest absolute Gasteiger partial charge is 0.333 e. The summed E-state index contributed by atoms with van der Waals surface area (Å²) in [5.41, 5.74) is -0.686. The fourth-order valence-electron chi connectivity index (χ4n) is 6.84. The average molecular weight is 594 g/mol. The SMILES string of the molecule is Cc1ccccc1C(Cn1c(=O)n(C(C)(C)C(=O)O)c(=O)c2c(C)c(-c3ncco3)sc21)OC1CC2CC(O)C[C@H]2C1. The van der Waals surface area contributed by atoms with Gasteiger partial charge in [0.05, 0.1) is 35.2 Å². The van der Waals surface area contributed by atoms with Crippen LogP contribution in [0.15, 0.2) is 50.7 Å². The molecule has 0 bridgehead atoms. The Bertz CT molecular complexity index is 1750. The Labute approximate surface area is 246 Å². The monoisotopic (exact) mass is 593 g/mol. The summed E-state index contributed by atoms with van der Waals surface area (Å²) in [5, 5.41) is 20.4. The molecule has 42 heavy (non-hydrogen) atoms. The number of rotatable bonds is 8. The summed E-state index contributed by atoms with van der Waals surface area (Å²) in [5.74, 6) is -0.139. The molecular weight excluding hydrogens is 558 g/mol. The summed E-state index contributed by atoms with van der Waals surface area (Å²) < 4.78 is 14.7. The average Bonchev–Trinajstić information content (AvgIpc) is 3.70. The highest BCUT2D eigenvalue weighted by atomic mass is 32.1. The third-order valence-corrected chi connectivity index (χ3v) is 10.4. The zero-order chi connectivity index (χ0) is 29.9. The van der Waals surface area contributed by atoms with Crippen LogP contribution in [0.2, 0.25) is 0 Å². The minimum absolute atomic E-state index is 0.0439. The lowest BCUT2D eigenvalue weighted by molar-refractivity contribution is -0.146. The lowest BCUT2D eigenvalue weighted by Crippen LogP contribution is -2.52. The van der Waals surface area contributed by atoms with Crippen LogP contribution in [0.25, 0.3) is 21.0 Å². The van der Waals surface area contributed by atoms with E-state index < -0.39 is 28.9 Å². The van der Waals surface area contributed by atoms with E-state index in [9.17, 15) is 24.6 Å². The highest BCUT2D eigenvalue weighted by molar-refractivity contribution is 7.22. The third-order valence-electron chi connectivity index (χ3n) is 9.11. The Morgan fingerprint density at radius 2 is 1.86 bits per heavy atom. The van der Waals surface area contributed by atoms with E-state index in [0.717, 1.165) is 41.4 Å². The van der Waals surface area contributed by atoms with Gasteiger partial charge >= 0.3 is 11.7 Å². The lowest BCUT2D eigenvalue weighted by atomic mass is 10.0. The van der Waals surface area contributed by atoms with Crippen molar-refractivity contribution in [3.63, 3.8) is 0 Å². The number of aryl methyl sites for hydroxylation is 2. The van der Waals surface area contributed by atoms with Crippen LogP contribution in [-0.2, 0) is 21.6 Å². The number of oxazole rings is 1. The second kappa shape index (κ2) is 10.6. The van der Waals surface area contributed by atoms with E-state index in [1.807, 2.05) is 31.2 Å². The number of ether oxygens (including phenoxy) is 1. The van der Waals surface area contributed by atoms with Gasteiger partial charge in [0.1, 0.15) is 22.7 Å². The van der Waals surface area contributed by atoms with E-state index in [1.165, 1.54) is 42.2 Å². The van der Waals surface area contributed by atoms with Gasteiger partial charge in [-0.2, -0.15) is 0 Å². The molecule has 0 spiro atoms. The molecule has 2 aliphatic rings. The topological polar surface area (TPSA) is 137 Å². The fourth-order valence-corrected chi connectivity index (χ4v) is 8.08. The fraction of sp³-hybridized carbons (Fsp3) is 0.484. The Kier molecular flexibility index (Phi) is 7.23. The van der Waals surface area contributed by atoms with Gasteiger partial charge in [-0.25, -0.2) is 19.1 Å². The first-order chi connectivity index (χ1) is 20.0. The quantitative estimate of drug-likeness (QED) is 0.302. The van der Waals surface area contributed by atoms with Gasteiger partial charge in [0.25, 0.3) is 5.56 Å². The highest BCUT2D eigenvalue weighted by Crippen LogP contribution is 2.46. The van der Waals surface area contributed by atoms with E-state index in [1.54, 1.807) is 6.92 Å².